The van der Waals surface area contributed by atoms with E-state index < -0.39 is 10.0 Å². The number of anilines is 1. The largest absolute Gasteiger partial charge is 0.317 e. The Morgan fingerprint density at radius 3 is 2.86 bits per heavy atom. The highest BCUT2D eigenvalue weighted by atomic mass is 32.2. The summed E-state index contributed by atoms with van der Waals surface area (Å²) in [6.07, 6.45) is 4.87. The lowest BCUT2D eigenvalue weighted by Crippen LogP contribution is -2.19. The van der Waals surface area contributed by atoms with Gasteiger partial charge in [0, 0.05) is 17.8 Å². The van der Waals surface area contributed by atoms with E-state index in [1.54, 1.807) is 18.5 Å². The first-order valence-corrected chi connectivity index (χ1v) is 8.81. The van der Waals surface area contributed by atoms with Crippen LogP contribution in [0.25, 0.3) is 10.8 Å². The average molecular weight is 307 g/mol. The van der Waals surface area contributed by atoms with Crippen LogP contribution in [-0.2, 0) is 10.0 Å². The summed E-state index contributed by atoms with van der Waals surface area (Å²) in [6.45, 7) is 3.80. The van der Waals surface area contributed by atoms with E-state index in [2.05, 4.69) is 15.0 Å². The van der Waals surface area contributed by atoms with E-state index in [1.807, 2.05) is 25.1 Å². The quantitative estimate of drug-likeness (QED) is 0.735. The summed E-state index contributed by atoms with van der Waals surface area (Å²) in [4.78, 5) is 4.06. The van der Waals surface area contributed by atoms with Crippen LogP contribution < -0.4 is 10.0 Å². The Morgan fingerprint density at radius 1 is 1.19 bits per heavy atom. The molecule has 21 heavy (non-hydrogen) atoms. The van der Waals surface area contributed by atoms with Crippen molar-refractivity contribution in [2.45, 2.75) is 19.8 Å². The van der Waals surface area contributed by atoms with Gasteiger partial charge in [-0.15, -0.1) is 0 Å². The van der Waals surface area contributed by atoms with Gasteiger partial charge in [-0.3, -0.25) is 9.71 Å². The van der Waals surface area contributed by atoms with Gasteiger partial charge in [0.2, 0.25) is 10.0 Å². The molecule has 0 unspecified atom stereocenters. The number of pyridine rings is 1. The molecule has 0 radical (unpaired) electrons. The summed E-state index contributed by atoms with van der Waals surface area (Å²) in [6, 6.07) is 7.40. The zero-order chi connectivity index (χ0) is 15.1. The summed E-state index contributed by atoms with van der Waals surface area (Å²) < 4.78 is 26.9. The molecule has 0 atom stereocenters. The van der Waals surface area contributed by atoms with Crippen LogP contribution in [-0.4, -0.2) is 32.2 Å². The van der Waals surface area contributed by atoms with Crippen molar-refractivity contribution in [1.29, 1.82) is 0 Å². The Hall–Kier alpha value is -1.66. The van der Waals surface area contributed by atoms with Crippen LogP contribution in [0.5, 0.6) is 0 Å². The summed E-state index contributed by atoms with van der Waals surface area (Å²) >= 11 is 0. The molecule has 1 aromatic carbocycles. The van der Waals surface area contributed by atoms with Crippen LogP contribution in [0.2, 0.25) is 0 Å². The Kier molecular flexibility index (Phi) is 5.52. The Balaban J connectivity index is 2.02. The SMILES string of the molecule is CCNCCCCS(=O)(=O)Nc1cccc2ccncc12. The highest BCUT2D eigenvalue weighted by molar-refractivity contribution is 7.92. The van der Waals surface area contributed by atoms with Crippen molar-refractivity contribution in [3.63, 3.8) is 0 Å². The molecule has 6 heteroatoms. The second kappa shape index (κ2) is 7.38. The van der Waals surface area contributed by atoms with Gasteiger partial charge < -0.3 is 5.32 Å². The molecule has 0 aliphatic rings. The zero-order valence-electron chi connectivity index (χ0n) is 12.2. The number of nitrogens with one attached hydrogen (secondary N) is 2. The van der Waals surface area contributed by atoms with Gasteiger partial charge >= 0.3 is 0 Å². The summed E-state index contributed by atoms with van der Waals surface area (Å²) in [5, 5.41) is 4.97. The highest BCUT2D eigenvalue weighted by Crippen LogP contribution is 2.23. The average Bonchev–Trinajstić information content (AvgIpc) is 2.47. The molecular formula is C15H21N3O2S. The molecule has 1 heterocycles. The topological polar surface area (TPSA) is 71.1 Å². The van der Waals surface area contributed by atoms with Gasteiger partial charge in [-0.25, -0.2) is 8.42 Å². The number of aromatic nitrogens is 1. The van der Waals surface area contributed by atoms with Crippen molar-refractivity contribution in [3.8, 4) is 0 Å². The summed E-state index contributed by atoms with van der Waals surface area (Å²) in [7, 11) is -3.32. The fraction of sp³-hybridized carbons (Fsp3) is 0.400. The lowest BCUT2D eigenvalue weighted by atomic mass is 10.1. The van der Waals surface area contributed by atoms with Gasteiger partial charge in [0.15, 0.2) is 0 Å². The maximum Gasteiger partial charge on any atom is 0.232 e. The van der Waals surface area contributed by atoms with Gasteiger partial charge in [0.25, 0.3) is 0 Å². The molecule has 0 saturated carbocycles. The van der Waals surface area contributed by atoms with E-state index in [-0.39, 0.29) is 5.75 Å². The standard InChI is InChI=1S/C15H21N3O2S/c1-2-16-9-3-4-11-21(19,20)18-15-7-5-6-13-8-10-17-12-14(13)15/h5-8,10,12,16,18H,2-4,9,11H2,1H3. The van der Waals surface area contributed by atoms with E-state index in [4.69, 9.17) is 0 Å². The normalized spacial score (nSPS) is 11.7. The van der Waals surface area contributed by atoms with E-state index in [0.29, 0.717) is 12.1 Å². The molecule has 0 saturated heterocycles. The Labute approximate surface area is 125 Å². The Bertz CT molecular complexity index is 681. The van der Waals surface area contributed by atoms with Crippen molar-refractivity contribution in [3.05, 3.63) is 36.7 Å². The Morgan fingerprint density at radius 2 is 2.05 bits per heavy atom. The number of nitrogens with zero attached hydrogens (tertiary/aromatic N) is 1. The monoisotopic (exact) mass is 307 g/mol. The van der Waals surface area contributed by atoms with Crippen LogP contribution in [0.15, 0.2) is 36.7 Å². The van der Waals surface area contributed by atoms with Crippen LogP contribution in [0, 0.1) is 0 Å². The second-order valence-electron chi connectivity index (χ2n) is 4.88. The van der Waals surface area contributed by atoms with Gasteiger partial charge in [-0.1, -0.05) is 19.1 Å². The molecule has 1 aromatic heterocycles. The van der Waals surface area contributed by atoms with E-state index in [9.17, 15) is 8.42 Å². The summed E-state index contributed by atoms with van der Waals surface area (Å²) in [5.41, 5.74) is 0.590. The van der Waals surface area contributed by atoms with Crippen molar-refractivity contribution in [2.75, 3.05) is 23.6 Å². The zero-order valence-corrected chi connectivity index (χ0v) is 13.0. The van der Waals surface area contributed by atoms with Gasteiger partial charge in [-0.05, 0) is 43.5 Å². The third-order valence-electron chi connectivity index (χ3n) is 3.22. The highest BCUT2D eigenvalue weighted by Gasteiger charge is 2.11. The number of sulfonamides is 1. The third-order valence-corrected chi connectivity index (χ3v) is 4.57. The predicted octanol–water partition coefficient (Wildman–Crippen LogP) is 2.37. The first-order chi connectivity index (χ1) is 10.1. The number of unbranched alkanes of at least 4 members (excludes halogenated alkanes) is 1. The van der Waals surface area contributed by atoms with E-state index >= 15 is 0 Å². The van der Waals surface area contributed by atoms with E-state index in [1.165, 1.54) is 0 Å². The number of hydrogen-bond donors (Lipinski definition) is 2. The molecular weight excluding hydrogens is 286 g/mol. The first-order valence-electron chi connectivity index (χ1n) is 7.16. The predicted molar refractivity (Wildman–Crippen MR) is 86.9 cm³/mol. The van der Waals surface area contributed by atoms with Crippen LogP contribution >= 0.6 is 0 Å². The summed E-state index contributed by atoms with van der Waals surface area (Å²) in [5.74, 6) is 0.134. The van der Waals surface area contributed by atoms with Crippen molar-refractivity contribution in [1.82, 2.24) is 10.3 Å². The first kappa shape index (κ1) is 15.7. The lowest BCUT2D eigenvalue weighted by molar-refractivity contribution is 0.593. The smallest absolute Gasteiger partial charge is 0.232 e. The molecule has 0 fully saturated rings. The van der Waals surface area contributed by atoms with Crippen molar-refractivity contribution >= 4 is 26.5 Å². The molecule has 0 amide bonds. The second-order valence-corrected chi connectivity index (χ2v) is 6.73. The van der Waals surface area contributed by atoms with E-state index in [0.717, 1.165) is 30.3 Å². The van der Waals surface area contributed by atoms with Crippen molar-refractivity contribution in [2.24, 2.45) is 0 Å². The van der Waals surface area contributed by atoms with Crippen LogP contribution in [0.4, 0.5) is 5.69 Å². The van der Waals surface area contributed by atoms with Gasteiger partial charge in [-0.2, -0.15) is 0 Å². The molecule has 0 bridgehead atoms. The molecule has 0 aliphatic carbocycles. The molecule has 2 aromatic rings. The van der Waals surface area contributed by atoms with Crippen LogP contribution in [0.3, 0.4) is 0 Å². The molecule has 114 valence electrons. The molecule has 2 N–H and O–H groups in total. The maximum atomic E-state index is 12.1. The molecule has 5 nitrogen and oxygen atoms in total. The number of rotatable bonds is 8. The van der Waals surface area contributed by atoms with Crippen molar-refractivity contribution < 1.29 is 8.42 Å². The lowest BCUT2D eigenvalue weighted by Gasteiger charge is -2.10. The van der Waals surface area contributed by atoms with Gasteiger partial charge in [0.05, 0.1) is 11.4 Å². The fourth-order valence-corrected chi connectivity index (χ4v) is 3.34. The minimum atomic E-state index is -3.32. The number of benzene rings is 1. The third kappa shape index (κ3) is 4.68. The molecule has 0 aliphatic heterocycles. The molecule has 2 rings (SSSR count). The minimum absolute atomic E-state index is 0.134. The van der Waals surface area contributed by atoms with Crippen LogP contribution in [0.1, 0.15) is 19.8 Å². The maximum absolute atomic E-state index is 12.1. The number of hydrogen-bond acceptors (Lipinski definition) is 4. The number of fused-ring (bicyclic) bond motifs is 1. The molecule has 0 spiro atoms. The minimum Gasteiger partial charge on any atom is -0.317 e. The van der Waals surface area contributed by atoms with Gasteiger partial charge in [0.1, 0.15) is 0 Å². The fourth-order valence-electron chi connectivity index (χ4n) is 2.14.